The number of carbonyl (C=O) groups is 2. The van der Waals surface area contributed by atoms with E-state index in [1.165, 1.54) is 6.20 Å². The van der Waals surface area contributed by atoms with Crippen LogP contribution in [0.3, 0.4) is 0 Å². The summed E-state index contributed by atoms with van der Waals surface area (Å²) in [5, 5.41) is 11.8. The van der Waals surface area contributed by atoms with E-state index in [1.54, 1.807) is 12.1 Å². The number of aromatic nitrogens is 1. The van der Waals surface area contributed by atoms with Gasteiger partial charge in [0.05, 0.1) is 17.8 Å². The Morgan fingerprint density at radius 1 is 1.37 bits per heavy atom. The van der Waals surface area contributed by atoms with Gasteiger partial charge in [0.2, 0.25) is 0 Å². The molecule has 2 unspecified atom stereocenters. The van der Waals surface area contributed by atoms with E-state index in [-0.39, 0.29) is 17.9 Å². The number of nitrogens with one attached hydrogen (secondary N) is 1. The van der Waals surface area contributed by atoms with Crippen molar-refractivity contribution in [3.8, 4) is 0 Å². The number of rotatable bonds is 3. The lowest BCUT2D eigenvalue weighted by atomic mass is 9.86. The summed E-state index contributed by atoms with van der Waals surface area (Å²) in [7, 11) is 0. The maximum absolute atomic E-state index is 11.9. The van der Waals surface area contributed by atoms with Gasteiger partial charge in [0, 0.05) is 6.04 Å². The topological polar surface area (TPSA) is 105 Å². The second kappa shape index (κ2) is 5.69. The maximum Gasteiger partial charge on any atom is 0.306 e. The molecule has 1 aromatic heterocycles. The lowest BCUT2D eigenvalue weighted by Gasteiger charge is -2.27. The summed E-state index contributed by atoms with van der Waals surface area (Å²) >= 11 is 0. The fraction of sp³-hybridized carbons (Fsp3) is 0.462. The Hall–Kier alpha value is -2.11. The molecular weight excluding hydrogens is 246 g/mol. The molecule has 0 aliphatic heterocycles. The Balaban J connectivity index is 1.95. The Morgan fingerprint density at radius 3 is 2.79 bits per heavy atom. The van der Waals surface area contributed by atoms with Gasteiger partial charge in [0.25, 0.3) is 5.91 Å². The Morgan fingerprint density at radius 2 is 2.16 bits per heavy atom. The van der Waals surface area contributed by atoms with E-state index in [2.05, 4.69) is 10.3 Å². The molecule has 0 aromatic carbocycles. The highest BCUT2D eigenvalue weighted by molar-refractivity contribution is 5.92. The highest BCUT2D eigenvalue weighted by atomic mass is 16.4. The number of pyridine rings is 1. The molecule has 0 bridgehead atoms. The van der Waals surface area contributed by atoms with E-state index in [9.17, 15) is 9.59 Å². The zero-order valence-electron chi connectivity index (χ0n) is 10.5. The molecule has 1 fully saturated rings. The summed E-state index contributed by atoms with van der Waals surface area (Å²) in [5.41, 5.74) is 6.30. The zero-order valence-corrected chi connectivity index (χ0v) is 10.5. The van der Waals surface area contributed by atoms with Crippen LogP contribution in [0.1, 0.15) is 36.2 Å². The molecule has 0 radical (unpaired) electrons. The first kappa shape index (κ1) is 13.3. The van der Waals surface area contributed by atoms with E-state index in [1.807, 2.05) is 0 Å². The molecule has 4 N–H and O–H groups in total. The van der Waals surface area contributed by atoms with Crippen LogP contribution in [0.15, 0.2) is 18.3 Å². The van der Waals surface area contributed by atoms with E-state index in [0.29, 0.717) is 24.2 Å². The molecule has 2 atom stereocenters. The van der Waals surface area contributed by atoms with Gasteiger partial charge in [-0.2, -0.15) is 0 Å². The van der Waals surface area contributed by atoms with Crippen LogP contribution in [-0.4, -0.2) is 28.0 Å². The monoisotopic (exact) mass is 263 g/mol. The van der Waals surface area contributed by atoms with Crippen LogP contribution in [0.25, 0.3) is 0 Å². The van der Waals surface area contributed by atoms with Crippen molar-refractivity contribution >= 4 is 17.6 Å². The molecule has 6 heteroatoms. The molecule has 19 heavy (non-hydrogen) atoms. The average molecular weight is 263 g/mol. The van der Waals surface area contributed by atoms with Gasteiger partial charge in [0.1, 0.15) is 5.69 Å². The van der Waals surface area contributed by atoms with Gasteiger partial charge in [-0.1, -0.05) is 6.42 Å². The third-order valence-corrected chi connectivity index (χ3v) is 3.38. The Kier molecular flexibility index (Phi) is 3.99. The highest BCUT2D eigenvalue weighted by Crippen LogP contribution is 2.24. The second-order valence-electron chi connectivity index (χ2n) is 4.85. The fourth-order valence-electron chi connectivity index (χ4n) is 2.34. The van der Waals surface area contributed by atoms with Crippen molar-refractivity contribution in [2.75, 3.05) is 5.73 Å². The van der Waals surface area contributed by atoms with Crippen LogP contribution in [0.5, 0.6) is 0 Å². The number of hydrogen-bond donors (Lipinski definition) is 3. The SMILES string of the molecule is Nc1ccc(C(=O)NC2CCCC(C(=O)O)C2)nc1. The lowest BCUT2D eigenvalue weighted by Crippen LogP contribution is -2.40. The molecule has 1 amide bonds. The number of hydrogen-bond acceptors (Lipinski definition) is 4. The third-order valence-electron chi connectivity index (χ3n) is 3.38. The number of amides is 1. The molecule has 1 aliphatic rings. The summed E-state index contributed by atoms with van der Waals surface area (Å²) in [6, 6.07) is 3.08. The minimum Gasteiger partial charge on any atom is -0.481 e. The lowest BCUT2D eigenvalue weighted by molar-refractivity contribution is -0.143. The summed E-state index contributed by atoms with van der Waals surface area (Å²) in [6.45, 7) is 0. The Bertz CT molecular complexity index is 473. The van der Waals surface area contributed by atoms with E-state index >= 15 is 0 Å². The van der Waals surface area contributed by atoms with Gasteiger partial charge in [0.15, 0.2) is 0 Å². The zero-order chi connectivity index (χ0) is 13.8. The number of aliphatic carboxylic acids is 1. The van der Waals surface area contributed by atoms with Crippen molar-refractivity contribution in [1.82, 2.24) is 10.3 Å². The highest BCUT2D eigenvalue weighted by Gasteiger charge is 2.28. The first-order chi connectivity index (χ1) is 9.06. The first-order valence-corrected chi connectivity index (χ1v) is 6.31. The van der Waals surface area contributed by atoms with Crippen molar-refractivity contribution in [3.63, 3.8) is 0 Å². The molecule has 6 nitrogen and oxygen atoms in total. The number of carboxylic acid groups (broad SMARTS) is 1. The standard InChI is InChI=1S/C13H17N3O3/c14-9-4-5-11(15-7-9)12(17)16-10-3-1-2-8(6-10)13(18)19/h4-5,7-8,10H,1-3,6,14H2,(H,16,17)(H,18,19). The van der Waals surface area contributed by atoms with E-state index in [4.69, 9.17) is 10.8 Å². The molecule has 0 saturated heterocycles. The van der Waals surface area contributed by atoms with Crippen LogP contribution in [0.2, 0.25) is 0 Å². The molecular formula is C13H17N3O3. The largest absolute Gasteiger partial charge is 0.481 e. The Labute approximate surface area is 111 Å². The molecule has 102 valence electrons. The van der Waals surface area contributed by atoms with Crippen molar-refractivity contribution < 1.29 is 14.7 Å². The summed E-state index contributed by atoms with van der Waals surface area (Å²) in [5.74, 6) is -1.43. The van der Waals surface area contributed by atoms with Crippen molar-refractivity contribution in [1.29, 1.82) is 0 Å². The van der Waals surface area contributed by atoms with Gasteiger partial charge in [-0.3, -0.25) is 9.59 Å². The van der Waals surface area contributed by atoms with Gasteiger partial charge in [-0.15, -0.1) is 0 Å². The molecule has 0 spiro atoms. The number of anilines is 1. The summed E-state index contributed by atoms with van der Waals surface area (Å²) in [4.78, 5) is 26.8. The molecule has 1 heterocycles. The van der Waals surface area contributed by atoms with Crippen LogP contribution >= 0.6 is 0 Å². The second-order valence-corrected chi connectivity index (χ2v) is 4.85. The predicted molar refractivity (Wildman–Crippen MR) is 69.5 cm³/mol. The number of carboxylic acids is 1. The number of nitrogens with two attached hydrogens (primary N) is 1. The number of nitrogen functional groups attached to an aromatic ring is 1. The van der Waals surface area contributed by atoms with E-state index < -0.39 is 5.97 Å². The first-order valence-electron chi connectivity index (χ1n) is 6.31. The molecule has 2 rings (SSSR count). The van der Waals surface area contributed by atoms with E-state index in [0.717, 1.165) is 12.8 Å². The molecule has 1 aliphatic carbocycles. The van der Waals surface area contributed by atoms with Gasteiger partial charge < -0.3 is 16.2 Å². The number of nitrogens with zero attached hydrogens (tertiary/aromatic N) is 1. The summed E-state index contributed by atoms with van der Waals surface area (Å²) < 4.78 is 0. The fourth-order valence-corrected chi connectivity index (χ4v) is 2.34. The maximum atomic E-state index is 11.9. The summed E-state index contributed by atoms with van der Waals surface area (Å²) in [6.07, 6.45) is 4.22. The minimum absolute atomic E-state index is 0.0956. The van der Waals surface area contributed by atoms with Crippen molar-refractivity contribution in [2.45, 2.75) is 31.7 Å². The smallest absolute Gasteiger partial charge is 0.306 e. The normalized spacial score (nSPS) is 22.7. The predicted octanol–water partition coefficient (Wildman–Crippen LogP) is 1.04. The molecule has 1 aromatic rings. The van der Waals surface area contributed by atoms with Crippen molar-refractivity contribution in [2.24, 2.45) is 5.92 Å². The van der Waals surface area contributed by atoms with Crippen molar-refractivity contribution in [3.05, 3.63) is 24.0 Å². The molecule has 1 saturated carbocycles. The average Bonchev–Trinajstić information content (AvgIpc) is 2.39. The van der Waals surface area contributed by atoms with Crippen LogP contribution in [0.4, 0.5) is 5.69 Å². The van der Waals surface area contributed by atoms with Gasteiger partial charge >= 0.3 is 5.97 Å². The van der Waals surface area contributed by atoms with Crippen LogP contribution in [-0.2, 0) is 4.79 Å². The van der Waals surface area contributed by atoms with Gasteiger partial charge in [-0.25, -0.2) is 4.98 Å². The van der Waals surface area contributed by atoms with Crippen LogP contribution in [0, 0.1) is 5.92 Å². The quantitative estimate of drug-likeness (QED) is 0.755. The van der Waals surface area contributed by atoms with Gasteiger partial charge in [-0.05, 0) is 31.4 Å². The van der Waals surface area contributed by atoms with Crippen LogP contribution < -0.4 is 11.1 Å². The third kappa shape index (κ3) is 3.43. The number of carbonyl (C=O) groups excluding carboxylic acids is 1. The minimum atomic E-state index is -0.787.